The fourth-order valence-electron chi connectivity index (χ4n) is 3.76. The van der Waals surface area contributed by atoms with E-state index < -0.39 is 0 Å². The lowest BCUT2D eigenvalue weighted by Crippen LogP contribution is -2.05. The molecule has 4 aromatic rings. The maximum absolute atomic E-state index is 5.58. The van der Waals surface area contributed by atoms with Crippen LogP contribution in [-0.4, -0.2) is 20.6 Å². The lowest BCUT2D eigenvalue weighted by atomic mass is 9.95. The highest BCUT2D eigenvalue weighted by Gasteiger charge is 2.28. The van der Waals surface area contributed by atoms with Crippen molar-refractivity contribution >= 4 is 17.0 Å². The minimum absolute atomic E-state index is 0.510. The summed E-state index contributed by atoms with van der Waals surface area (Å²) in [5.74, 6) is 0.849. The Kier molecular flexibility index (Phi) is 3.84. The molecule has 0 atom stereocenters. The quantitative estimate of drug-likeness (QED) is 0.481. The smallest absolute Gasteiger partial charge is 0.167 e. The van der Waals surface area contributed by atoms with Crippen LogP contribution in [0.25, 0.3) is 21.6 Å². The van der Waals surface area contributed by atoms with Gasteiger partial charge >= 0.3 is 0 Å². The van der Waals surface area contributed by atoms with E-state index in [9.17, 15) is 0 Å². The summed E-state index contributed by atoms with van der Waals surface area (Å²) < 4.78 is 7.40. The molecule has 140 valence electrons. The van der Waals surface area contributed by atoms with Crippen molar-refractivity contribution < 1.29 is 4.52 Å². The standard InChI is InChI=1S/C22H20N4OS/c1-12-14(3)28-22-19(12)21(23-10-18-20(22)13(2)25-27-18)16-7-5-15(6-8-16)17-9-24-26(4)11-17/h5-9,11H,10H2,1-4H3. The molecule has 1 aliphatic rings. The van der Waals surface area contributed by atoms with Crippen molar-refractivity contribution in [3.8, 4) is 21.6 Å². The molecule has 5 rings (SSSR count). The van der Waals surface area contributed by atoms with Crippen molar-refractivity contribution in [3.05, 3.63) is 69.7 Å². The fourth-order valence-corrected chi connectivity index (χ4v) is 5.04. The number of thiophene rings is 1. The van der Waals surface area contributed by atoms with Crippen LogP contribution >= 0.6 is 11.3 Å². The molecule has 0 fully saturated rings. The summed E-state index contributed by atoms with van der Waals surface area (Å²) in [6.07, 6.45) is 3.91. The second kappa shape index (κ2) is 6.27. The number of hydrogen-bond acceptors (Lipinski definition) is 5. The summed E-state index contributed by atoms with van der Waals surface area (Å²) in [5, 5.41) is 8.44. The zero-order valence-corrected chi connectivity index (χ0v) is 17.1. The molecule has 0 bridgehead atoms. The van der Waals surface area contributed by atoms with E-state index in [1.165, 1.54) is 20.9 Å². The number of benzene rings is 1. The third-order valence-electron chi connectivity index (χ3n) is 5.36. The first kappa shape index (κ1) is 17.1. The van der Waals surface area contributed by atoms with Crippen molar-refractivity contribution in [2.75, 3.05) is 0 Å². The van der Waals surface area contributed by atoms with Crippen molar-refractivity contribution in [3.63, 3.8) is 0 Å². The molecule has 0 aliphatic carbocycles. The molecule has 1 aliphatic heterocycles. The monoisotopic (exact) mass is 388 g/mol. The number of fused-ring (bicyclic) bond motifs is 3. The van der Waals surface area contributed by atoms with Gasteiger partial charge in [0.25, 0.3) is 0 Å². The highest BCUT2D eigenvalue weighted by Crippen LogP contribution is 2.42. The first-order valence-electron chi connectivity index (χ1n) is 9.22. The fraction of sp³-hybridized carbons (Fsp3) is 0.227. The number of aliphatic imine (C=N–C) groups is 1. The van der Waals surface area contributed by atoms with Crippen LogP contribution in [0.15, 0.2) is 46.2 Å². The lowest BCUT2D eigenvalue weighted by Gasteiger charge is -2.09. The zero-order chi connectivity index (χ0) is 19.4. The Morgan fingerprint density at radius 1 is 1.00 bits per heavy atom. The van der Waals surface area contributed by atoms with E-state index in [0.29, 0.717) is 6.54 Å². The van der Waals surface area contributed by atoms with Gasteiger partial charge in [0.1, 0.15) is 6.54 Å². The van der Waals surface area contributed by atoms with Gasteiger partial charge < -0.3 is 4.52 Å². The Morgan fingerprint density at radius 3 is 2.46 bits per heavy atom. The van der Waals surface area contributed by atoms with Gasteiger partial charge in [-0.15, -0.1) is 11.3 Å². The Hall–Kier alpha value is -2.99. The van der Waals surface area contributed by atoms with E-state index in [1.807, 2.05) is 31.0 Å². The minimum atomic E-state index is 0.510. The Bertz CT molecular complexity index is 1220. The van der Waals surface area contributed by atoms with Gasteiger partial charge in [0.2, 0.25) is 0 Å². The number of aryl methyl sites for hydroxylation is 3. The average molecular weight is 388 g/mol. The highest BCUT2D eigenvalue weighted by molar-refractivity contribution is 7.16. The first-order valence-corrected chi connectivity index (χ1v) is 10.0. The number of aromatic nitrogens is 3. The largest absolute Gasteiger partial charge is 0.358 e. The van der Waals surface area contributed by atoms with Crippen molar-refractivity contribution in [1.82, 2.24) is 14.9 Å². The van der Waals surface area contributed by atoms with Crippen molar-refractivity contribution in [2.24, 2.45) is 12.0 Å². The zero-order valence-electron chi connectivity index (χ0n) is 16.3. The van der Waals surface area contributed by atoms with Crippen LogP contribution in [0.5, 0.6) is 0 Å². The van der Waals surface area contributed by atoms with Crippen LogP contribution in [0.3, 0.4) is 0 Å². The normalized spacial score (nSPS) is 13.1. The topological polar surface area (TPSA) is 56.2 Å². The van der Waals surface area contributed by atoms with Crippen molar-refractivity contribution in [2.45, 2.75) is 27.3 Å². The molecule has 0 N–H and O–H groups in total. The predicted molar refractivity (Wildman–Crippen MR) is 112 cm³/mol. The summed E-state index contributed by atoms with van der Waals surface area (Å²) in [6.45, 7) is 6.86. The molecule has 0 saturated heterocycles. The molecule has 0 amide bonds. The summed E-state index contributed by atoms with van der Waals surface area (Å²) in [7, 11) is 1.93. The highest BCUT2D eigenvalue weighted by atomic mass is 32.1. The van der Waals surface area contributed by atoms with Gasteiger partial charge in [-0.05, 0) is 31.9 Å². The molecule has 0 radical (unpaired) electrons. The Balaban J connectivity index is 1.64. The van der Waals surface area contributed by atoms with Gasteiger partial charge in [-0.3, -0.25) is 9.67 Å². The summed E-state index contributed by atoms with van der Waals surface area (Å²) in [4.78, 5) is 7.47. The van der Waals surface area contributed by atoms with Crippen LogP contribution in [0.4, 0.5) is 0 Å². The molecule has 0 spiro atoms. The van der Waals surface area contributed by atoms with E-state index in [0.717, 1.165) is 39.4 Å². The molecule has 0 saturated carbocycles. The van der Waals surface area contributed by atoms with E-state index in [-0.39, 0.29) is 0 Å². The Morgan fingerprint density at radius 2 is 1.75 bits per heavy atom. The maximum atomic E-state index is 5.58. The lowest BCUT2D eigenvalue weighted by molar-refractivity contribution is 0.382. The average Bonchev–Trinajstić information content (AvgIpc) is 3.32. The molecule has 0 unspecified atom stereocenters. The third-order valence-corrected chi connectivity index (χ3v) is 6.58. The second-order valence-electron chi connectivity index (χ2n) is 7.20. The summed E-state index contributed by atoms with van der Waals surface area (Å²) in [5.41, 5.74) is 8.94. The van der Waals surface area contributed by atoms with Crippen molar-refractivity contribution in [1.29, 1.82) is 0 Å². The van der Waals surface area contributed by atoms with Gasteiger partial charge in [-0.25, -0.2) is 0 Å². The molecule has 5 nitrogen and oxygen atoms in total. The predicted octanol–water partition coefficient (Wildman–Crippen LogP) is 5.08. The summed E-state index contributed by atoms with van der Waals surface area (Å²) >= 11 is 1.80. The summed E-state index contributed by atoms with van der Waals surface area (Å²) in [6, 6.07) is 8.57. The van der Waals surface area contributed by atoms with E-state index in [1.54, 1.807) is 11.3 Å². The van der Waals surface area contributed by atoms with Crippen LogP contribution in [0, 0.1) is 20.8 Å². The molecule has 6 heteroatoms. The number of hydrogen-bond donors (Lipinski definition) is 0. The Labute approximate surface area is 167 Å². The van der Waals surface area contributed by atoms with Gasteiger partial charge in [-0.1, -0.05) is 29.4 Å². The van der Waals surface area contributed by atoms with Crippen LogP contribution in [0.1, 0.15) is 33.0 Å². The molecule has 4 heterocycles. The van der Waals surface area contributed by atoms with Crippen LogP contribution in [-0.2, 0) is 13.6 Å². The molecule has 28 heavy (non-hydrogen) atoms. The van der Waals surface area contributed by atoms with Gasteiger partial charge in [0.15, 0.2) is 5.76 Å². The maximum Gasteiger partial charge on any atom is 0.167 e. The number of nitrogens with zero attached hydrogens (tertiary/aromatic N) is 4. The van der Waals surface area contributed by atoms with Gasteiger partial charge in [0, 0.05) is 39.7 Å². The molecule has 1 aromatic carbocycles. The first-order chi connectivity index (χ1) is 13.5. The molecule has 3 aromatic heterocycles. The second-order valence-corrected chi connectivity index (χ2v) is 8.42. The van der Waals surface area contributed by atoms with E-state index >= 15 is 0 Å². The molecular weight excluding hydrogens is 368 g/mol. The molecular formula is C22H20N4OS. The van der Waals surface area contributed by atoms with Gasteiger partial charge in [-0.2, -0.15) is 5.10 Å². The number of rotatable bonds is 2. The third kappa shape index (κ3) is 2.56. The van der Waals surface area contributed by atoms with E-state index in [2.05, 4.69) is 48.4 Å². The van der Waals surface area contributed by atoms with E-state index in [4.69, 9.17) is 9.52 Å². The SMILES string of the molecule is Cc1noc2c1-c1sc(C)c(C)c1C(c1ccc(-c3cnn(C)c3)cc1)=NC2. The van der Waals surface area contributed by atoms with Crippen LogP contribution < -0.4 is 0 Å². The van der Waals surface area contributed by atoms with Crippen LogP contribution in [0.2, 0.25) is 0 Å². The van der Waals surface area contributed by atoms with Gasteiger partial charge in [0.05, 0.1) is 23.2 Å². The minimum Gasteiger partial charge on any atom is -0.358 e.